The lowest BCUT2D eigenvalue weighted by Crippen LogP contribution is -2.43. The van der Waals surface area contributed by atoms with Gasteiger partial charge in [-0.1, -0.05) is 36.4 Å². The summed E-state index contributed by atoms with van der Waals surface area (Å²) in [4.78, 5) is 18.4. The van der Waals surface area contributed by atoms with Crippen molar-refractivity contribution >= 4 is 11.7 Å². The van der Waals surface area contributed by atoms with Gasteiger partial charge in [0, 0.05) is 19.7 Å². The van der Waals surface area contributed by atoms with Crippen LogP contribution >= 0.6 is 0 Å². The van der Waals surface area contributed by atoms with Crippen LogP contribution in [0.25, 0.3) is 0 Å². The Morgan fingerprint density at radius 2 is 1.94 bits per heavy atom. The van der Waals surface area contributed by atoms with Gasteiger partial charge in [0.05, 0.1) is 5.41 Å². The van der Waals surface area contributed by atoms with Crippen LogP contribution in [0.2, 0.25) is 0 Å². The fourth-order valence-electron chi connectivity index (χ4n) is 2.09. The molecule has 0 saturated carbocycles. The summed E-state index contributed by atoms with van der Waals surface area (Å²) in [6, 6.07) is 9.84. The predicted octanol–water partition coefficient (Wildman–Crippen LogP) is 2.74. The smallest absolute Gasteiger partial charge is 0.237 e. The first-order valence-corrected chi connectivity index (χ1v) is 6.09. The van der Waals surface area contributed by atoms with Gasteiger partial charge in [0.2, 0.25) is 5.91 Å². The fourth-order valence-corrected chi connectivity index (χ4v) is 2.09. The Bertz CT molecular complexity index is 500. The van der Waals surface area contributed by atoms with Gasteiger partial charge in [-0.15, -0.1) is 0 Å². The minimum absolute atomic E-state index is 0.0659. The maximum Gasteiger partial charge on any atom is 0.237 e. The second-order valence-corrected chi connectivity index (χ2v) is 4.99. The van der Waals surface area contributed by atoms with E-state index in [0.29, 0.717) is 0 Å². The number of amides is 1. The van der Waals surface area contributed by atoms with E-state index in [2.05, 4.69) is 4.99 Å². The van der Waals surface area contributed by atoms with Crippen molar-refractivity contribution in [2.45, 2.75) is 25.7 Å². The minimum atomic E-state index is -0.541. The zero-order valence-electron chi connectivity index (χ0n) is 11.1. The number of aliphatic imine (C=N–C) groups is 1. The van der Waals surface area contributed by atoms with E-state index in [1.165, 1.54) is 0 Å². The van der Waals surface area contributed by atoms with Crippen molar-refractivity contribution in [1.82, 2.24) is 4.90 Å². The standard InChI is InChI=1S/C15H18N2O/c1-15(2,12-8-5-4-6-9-12)14(18)17(3)13-10-7-11-16-13/h4-9,11H,10H2,1-3H3. The normalized spacial score (nSPS) is 14.5. The van der Waals surface area contributed by atoms with Crippen molar-refractivity contribution in [3.63, 3.8) is 0 Å². The molecule has 1 amide bonds. The first-order valence-electron chi connectivity index (χ1n) is 6.09. The third-order valence-electron chi connectivity index (χ3n) is 3.35. The maximum absolute atomic E-state index is 12.6. The summed E-state index contributed by atoms with van der Waals surface area (Å²) in [5, 5.41) is 0. The molecule has 1 heterocycles. The molecule has 2 rings (SSSR count). The van der Waals surface area contributed by atoms with Crippen molar-refractivity contribution in [1.29, 1.82) is 0 Å². The van der Waals surface area contributed by atoms with Crippen LogP contribution in [0.4, 0.5) is 0 Å². The number of amidine groups is 1. The number of benzene rings is 1. The third-order valence-corrected chi connectivity index (χ3v) is 3.35. The molecular weight excluding hydrogens is 224 g/mol. The Morgan fingerprint density at radius 3 is 2.50 bits per heavy atom. The van der Waals surface area contributed by atoms with E-state index in [9.17, 15) is 4.79 Å². The maximum atomic E-state index is 12.6. The van der Waals surface area contributed by atoms with Gasteiger partial charge in [-0.05, 0) is 19.4 Å². The monoisotopic (exact) mass is 242 g/mol. The molecule has 1 aliphatic heterocycles. The zero-order chi connectivity index (χ0) is 13.2. The van der Waals surface area contributed by atoms with Crippen LogP contribution in [-0.2, 0) is 10.2 Å². The van der Waals surface area contributed by atoms with Gasteiger partial charge in [0.25, 0.3) is 0 Å². The fraction of sp³-hybridized carbons (Fsp3) is 0.333. The van der Waals surface area contributed by atoms with Crippen LogP contribution in [0.15, 0.2) is 47.6 Å². The molecule has 3 heteroatoms. The van der Waals surface area contributed by atoms with Gasteiger partial charge in [-0.25, -0.2) is 4.99 Å². The summed E-state index contributed by atoms with van der Waals surface area (Å²) in [7, 11) is 1.79. The van der Waals surface area contributed by atoms with Gasteiger partial charge < -0.3 is 4.90 Å². The summed E-state index contributed by atoms with van der Waals surface area (Å²) in [6.45, 7) is 3.90. The number of nitrogens with zero attached hydrogens (tertiary/aromatic N) is 2. The summed E-state index contributed by atoms with van der Waals surface area (Å²) in [5.41, 5.74) is 0.481. The number of carbonyl (C=O) groups is 1. The molecule has 94 valence electrons. The molecule has 1 aliphatic rings. The summed E-state index contributed by atoms with van der Waals surface area (Å²) >= 11 is 0. The molecule has 0 atom stereocenters. The molecule has 0 saturated heterocycles. The van der Waals surface area contributed by atoms with Gasteiger partial charge in [0.15, 0.2) is 0 Å². The van der Waals surface area contributed by atoms with Crippen LogP contribution in [0.1, 0.15) is 25.8 Å². The van der Waals surface area contributed by atoms with Crippen LogP contribution in [0.3, 0.4) is 0 Å². The van der Waals surface area contributed by atoms with Crippen LogP contribution in [0.5, 0.6) is 0 Å². The van der Waals surface area contributed by atoms with E-state index < -0.39 is 5.41 Å². The Labute approximate surface area is 108 Å². The van der Waals surface area contributed by atoms with Crippen LogP contribution < -0.4 is 0 Å². The molecule has 0 aromatic heterocycles. The average Bonchev–Trinajstić information content (AvgIpc) is 2.92. The highest BCUT2D eigenvalue weighted by molar-refractivity contribution is 6.03. The SMILES string of the molecule is CN(C(=O)C(C)(C)c1ccccc1)C1=NC=CC1. The Hall–Kier alpha value is -1.90. The molecular formula is C15H18N2O. The summed E-state index contributed by atoms with van der Waals surface area (Å²) in [5.74, 6) is 0.875. The topological polar surface area (TPSA) is 32.7 Å². The van der Waals surface area contributed by atoms with E-state index in [0.717, 1.165) is 17.8 Å². The van der Waals surface area contributed by atoms with E-state index in [1.54, 1.807) is 18.1 Å². The minimum Gasteiger partial charge on any atom is -0.302 e. The molecule has 0 spiro atoms. The molecule has 0 N–H and O–H groups in total. The van der Waals surface area contributed by atoms with Crippen LogP contribution in [-0.4, -0.2) is 23.7 Å². The van der Waals surface area contributed by atoms with Gasteiger partial charge in [0.1, 0.15) is 5.84 Å². The van der Waals surface area contributed by atoms with Crippen molar-refractivity contribution in [2.24, 2.45) is 4.99 Å². The molecule has 1 aromatic rings. The quantitative estimate of drug-likeness (QED) is 0.785. The Balaban J connectivity index is 2.22. The lowest BCUT2D eigenvalue weighted by atomic mass is 9.83. The molecule has 0 unspecified atom stereocenters. The van der Waals surface area contributed by atoms with Gasteiger partial charge in [-0.2, -0.15) is 0 Å². The first kappa shape index (κ1) is 12.6. The predicted molar refractivity (Wildman–Crippen MR) is 73.4 cm³/mol. The molecule has 0 bridgehead atoms. The van der Waals surface area contributed by atoms with Gasteiger partial charge in [-0.3, -0.25) is 4.79 Å². The highest BCUT2D eigenvalue weighted by atomic mass is 16.2. The second kappa shape index (κ2) is 4.77. The first-order chi connectivity index (χ1) is 8.53. The highest BCUT2D eigenvalue weighted by Crippen LogP contribution is 2.25. The van der Waals surface area contributed by atoms with Crippen molar-refractivity contribution in [3.05, 3.63) is 48.2 Å². The van der Waals surface area contributed by atoms with E-state index in [4.69, 9.17) is 0 Å². The average molecular weight is 242 g/mol. The third kappa shape index (κ3) is 2.21. The molecule has 18 heavy (non-hydrogen) atoms. The van der Waals surface area contributed by atoms with E-state index in [1.807, 2.05) is 50.3 Å². The van der Waals surface area contributed by atoms with E-state index >= 15 is 0 Å². The summed E-state index contributed by atoms with van der Waals surface area (Å²) in [6.07, 6.45) is 4.43. The number of rotatable bonds is 2. The molecule has 3 nitrogen and oxygen atoms in total. The second-order valence-electron chi connectivity index (χ2n) is 4.99. The number of hydrogen-bond donors (Lipinski definition) is 0. The number of hydrogen-bond acceptors (Lipinski definition) is 2. The zero-order valence-corrected chi connectivity index (χ0v) is 11.1. The molecule has 0 aliphatic carbocycles. The number of carbonyl (C=O) groups excluding carboxylic acids is 1. The van der Waals surface area contributed by atoms with E-state index in [-0.39, 0.29) is 5.91 Å². The van der Waals surface area contributed by atoms with Gasteiger partial charge >= 0.3 is 0 Å². The van der Waals surface area contributed by atoms with Crippen molar-refractivity contribution in [3.8, 4) is 0 Å². The lowest BCUT2D eigenvalue weighted by Gasteiger charge is -2.29. The van der Waals surface area contributed by atoms with Crippen LogP contribution in [0, 0.1) is 0 Å². The largest absolute Gasteiger partial charge is 0.302 e. The van der Waals surface area contributed by atoms with Crippen molar-refractivity contribution < 1.29 is 4.79 Å². The lowest BCUT2D eigenvalue weighted by molar-refractivity contribution is -0.131. The Morgan fingerprint density at radius 1 is 1.28 bits per heavy atom. The Kier molecular flexibility index (Phi) is 3.32. The number of likely N-dealkylation sites (N-methyl/N-ethyl adjacent to an activating group) is 1. The molecule has 1 aromatic carbocycles. The summed E-state index contributed by atoms with van der Waals surface area (Å²) < 4.78 is 0. The highest BCUT2D eigenvalue weighted by Gasteiger charge is 2.33. The molecule has 0 fully saturated rings. The van der Waals surface area contributed by atoms with Crippen molar-refractivity contribution in [2.75, 3.05) is 7.05 Å². The molecule has 0 radical (unpaired) electrons.